The number of methoxy groups -OCH3 is 1. The fourth-order valence-electron chi connectivity index (χ4n) is 2.62. The Bertz CT molecular complexity index is 964. The van der Waals surface area contributed by atoms with Crippen LogP contribution in [0.2, 0.25) is 0 Å². The molecular weight excluding hydrogens is 329 g/mol. The van der Waals surface area contributed by atoms with Crippen LogP contribution in [0.15, 0.2) is 30.6 Å². The molecule has 2 N–H and O–H groups in total. The Morgan fingerprint density at radius 2 is 1.88 bits per heavy atom. The molecule has 4 rings (SSSR count). The van der Waals surface area contributed by atoms with Crippen LogP contribution in [0.3, 0.4) is 0 Å². The van der Waals surface area contributed by atoms with Gasteiger partial charge in [0.25, 0.3) is 0 Å². The zero-order valence-electron chi connectivity index (χ0n) is 13.3. The first-order valence-electron chi connectivity index (χ1n) is 7.51. The van der Waals surface area contributed by atoms with Gasteiger partial charge in [-0.05, 0) is 12.1 Å². The van der Waals surface area contributed by atoms with Gasteiger partial charge in [0.2, 0.25) is 11.6 Å². The second-order valence-corrected chi connectivity index (χ2v) is 5.30. The van der Waals surface area contributed by atoms with Crippen molar-refractivity contribution in [3.05, 3.63) is 36.4 Å². The van der Waals surface area contributed by atoms with E-state index in [1.807, 2.05) is 0 Å². The van der Waals surface area contributed by atoms with Crippen molar-refractivity contribution in [2.75, 3.05) is 26.1 Å². The lowest BCUT2D eigenvalue weighted by atomic mass is 10.1. The quantitative estimate of drug-likeness (QED) is 0.731. The summed E-state index contributed by atoms with van der Waals surface area (Å²) in [6.45, 7) is 0.755. The molecule has 0 amide bonds. The molecule has 0 atom stereocenters. The third-order valence-corrected chi connectivity index (χ3v) is 3.73. The van der Waals surface area contributed by atoms with Gasteiger partial charge in [0.05, 0.1) is 12.6 Å². The third kappa shape index (κ3) is 2.61. The molecule has 7 nitrogen and oxygen atoms in total. The summed E-state index contributed by atoms with van der Waals surface area (Å²) in [7, 11) is 1.53. The minimum atomic E-state index is -0.591. The topological polar surface area (TPSA) is 88.7 Å². The van der Waals surface area contributed by atoms with Gasteiger partial charge in [0.1, 0.15) is 24.9 Å². The van der Waals surface area contributed by atoms with Crippen molar-refractivity contribution in [3.8, 4) is 28.9 Å². The van der Waals surface area contributed by atoms with E-state index < -0.39 is 5.82 Å². The average molecular weight is 343 g/mol. The van der Waals surface area contributed by atoms with Gasteiger partial charge in [-0.25, -0.2) is 14.4 Å². The summed E-state index contributed by atoms with van der Waals surface area (Å²) in [6, 6.07) is 5.85. The van der Waals surface area contributed by atoms with Crippen LogP contribution in [0.25, 0.3) is 10.9 Å². The molecule has 0 saturated carbocycles. The number of nitrogens with two attached hydrogens (primary N) is 1. The van der Waals surface area contributed by atoms with Crippen molar-refractivity contribution in [2.45, 2.75) is 0 Å². The molecule has 0 spiro atoms. The number of rotatable bonds is 3. The number of nitrogen functional groups attached to an aromatic ring is 1. The van der Waals surface area contributed by atoms with Crippen molar-refractivity contribution in [1.82, 2.24) is 9.97 Å². The SMILES string of the molecule is COc1cc2ncnc(Oc3ccc(N)cc3F)c2c2c1OCCO2. The average Bonchev–Trinajstić information content (AvgIpc) is 2.63. The van der Waals surface area contributed by atoms with Gasteiger partial charge >= 0.3 is 0 Å². The van der Waals surface area contributed by atoms with Gasteiger partial charge in [-0.2, -0.15) is 0 Å². The number of benzene rings is 2. The van der Waals surface area contributed by atoms with E-state index in [1.54, 1.807) is 12.1 Å². The number of aromatic nitrogens is 2. The molecule has 0 unspecified atom stereocenters. The first kappa shape index (κ1) is 15.3. The summed E-state index contributed by atoms with van der Waals surface area (Å²) < 4.78 is 36.4. The number of nitrogens with zero attached hydrogens (tertiary/aromatic N) is 2. The summed E-state index contributed by atoms with van der Waals surface area (Å²) in [5, 5.41) is 0.481. The van der Waals surface area contributed by atoms with Gasteiger partial charge in [0, 0.05) is 17.8 Å². The number of hydrogen-bond acceptors (Lipinski definition) is 7. The van der Waals surface area contributed by atoms with Crippen molar-refractivity contribution in [3.63, 3.8) is 0 Å². The minimum Gasteiger partial charge on any atom is -0.493 e. The molecule has 2 aromatic carbocycles. The summed E-state index contributed by atoms with van der Waals surface area (Å²) in [5.41, 5.74) is 6.39. The molecule has 8 heteroatoms. The zero-order valence-corrected chi connectivity index (χ0v) is 13.3. The maximum Gasteiger partial charge on any atom is 0.234 e. The normalized spacial score (nSPS) is 12.9. The highest BCUT2D eigenvalue weighted by Crippen LogP contribution is 2.47. The molecule has 0 bridgehead atoms. The molecule has 0 aliphatic carbocycles. The summed E-state index contributed by atoms with van der Waals surface area (Å²) in [5.74, 6) is 0.899. The van der Waals surface area contributed by atoms with Crippen molar-refractivity contribution in [1.29, 1.82) is 0 Å². The molecule has 0 saturated heterocycles. The molecule has 0 radical (unpaired) electrons. The number of fused-ring (bicyclic) bond motifs is 3. The lowest BCUT2D eigenvalue weighted by Gasteiger charge is -2.22. The second kappa shape index (κ2) is 5.97. The Balaban J connectivity index is 1.89. The van der Waals surface area contributed by atoms with Crippen LogP contribution in [-0.4, -0.2) is 30.3 Å². The Hall–Kier alpha value is -3.29. The maximum atomic E-state index is 14.1. The smallest absolute Gasteiger partial charge is 0.234 e. The van der Waals surface area contributed by atoms with E-state index >= 15 is 0 Å². The Labute approximate surface area is 142 Å². The van der Waals surface area contributed by atoms with Crippen LogP contribution in [0, 0.1) is 5.82 Å². The highest BCUT2D eigenvalue weighted by molar-refractivity contribution is 5.94. The van der Waals surface area contributed by atoms with Crippen LogP contribution < -0.4 is 24.7 Å². The monoisotopic (exact) mass is 343 g/mol. The van der Waals surface area contributed by atoms with Crippen molar-refractivity contribution < 1.29 is 23.3 Å². The lowest BCUT2D eigenvalue weighted by Crippen LogP contribution is -2.16. The molecular formula is C17H14FN3O4. The van der Waals surface area contributed by atoms with Crippen LogP contribution in [0.4, 0.5) is 10.1 Å². The van der Waals surface area contributed by atoms with Gasteiger partial charge in [0.15, 0.2) is 23.1 Å². The van der Waals surface area contributed by atoms with Crippen LogP contribution in [-0.2, 0) is 0 Å². The first-order chi connectivity index (χ1) is 12.2. The molecule has 1 aliphatic rings. The molecule has 1 aliphatic heterocycles. The fourth-order valence-corrected chi connectivity index (χ4v) is 2.62. The Morgan fingerprint density at radius 3 is 2.64 bits per heavy atom. The second-order valence-electron chi connectivity index (χ2n) is 5.30. The molecule has 25 heavy (non-hydrogen) atoms. The molecule has 1 aromatic heterocycles. The van der Waals surface area contributed by atoms with Gasteiger partial charge < -0.3 is 24.7 Å². The Morgan fingerprint density at radius 1 is 1.08 bits per heavy atom. The zero-order chi connectivity index (χ0) is 17.4. The van der Waals surface area contributed by atoms with Gasteiger partial charge in [-0.1, -0.05) is 0 Å². The summed E-state index contributed by atoms with van der Waals surface area (Å²) in [6.07, 6.45) is 1.32. The van der Waals surface area contributed by atoms with Crippen molar-refractivity contribution >= 4 is 16.6 Å². The molecule has 128 valence electrons. The number of hydrogen-bond donors (Lipinski definition) is 1. The number of anilines is 1. The highest BCUT2D eigenvalue weighted by atomic mass is 19.1. The predicted molar refractivity (Wildman–Crippen MR) is 88.0 cm³/mol. The lowest BCUT2D eigenvalue weighted by molar-refractivity contribution is 0.167. The maximum absolute atomic E-state index is 14.1. The first-order valence-corrected chi connectivity index (χ1v) is 7.51. The van der Waals surface area contributed by atoms with E-state index in [-0.39, 0.29) is 11.6 Å². The van der Waals surface area contributed by atoms with Crippen LogP contribution in [0.5, 0.6) is 28.9 Å². The van der Waals surface area contributed by atoms with Gasteiger partial charge in [-0.15, -0.1) is 0 Å². The van der Waals surface area contributed by atoms with Crippen molar-refractivity contribution in [2.24, 2.45) is 0 Å². The van der Waals surface area contributed by atoms with E-state index in [2.05, 4.69) is 9.97 Å². The van der Waals surface area contributed by atoms with Crippen LogP contribution >= 0.6 is 0 Å². The fraction of sp³-hybridized carbons (Fsp3) is 0.176. The van der Waals surface area contributed by atoms with Crippen LogP contribution in [0.1, 0.15) is 0 Å². The largest absolute Gasteiger partial charge is 0.493 e. The molecule has 0 fully saturated rings. The highest BCUT2D eigenvalue weighted by Gasteiger charge is 2.25. The standard InChI is InChI=1S/C17H14FN3O4/c1-22-13-7-11-14(16-15(13)23-4-5-24-16)17(21-8-20-11)25-12-3-2-9(19)6-10(12)18/h2-3,6-8H,4-5,19H2,1H3. The number of halogens is 1. The van der Waals surface area contributed by atoms with E-state index in [1.165, 1.54) is 25.6 Å². The van der Waals surface area contributed by atoms with E-state index in [9.17, 15) is 4.39 Å². The number of ether oxygens (including phenoxy) is 4. The summed E-state index contributed by atoms with van der Waals surface area (Å²) >= 11 is 0. The predicted octanol–water partition coefficient (Wildman–Crippen LogP) is 2.92. The Kier molecular flexibility index (Phi) is 3.64. The van der Waals surface area contributed by atoms with E-state index in [0.717, 1.165) is 0 Å². The molecule has 3 aromatic rings. The summed E-state index contributed by atoms with van der Waals surface area (Å²) in [4.78, 5) is 8.34. The molecule has 2 heterocycles. The van der Waals surface area contributed by atoms with E-state index in [0.29, 0.717) is 47.1 Å². The van der Waals surface area contributed by atoms with Gasteiger partial charge in [-0.3, -0.25) is 0 Å². The third-order valence-electron chi connectivity index (χ3n) is 3.73. The van der Waals surface area contributed by atoms with E-state index in [4.69, 9.17) is 24.7 Å². The minimum absolute atomic E-state index is 0.00417.